The van der Waals surface area contributed by atoms with Gasteiger partial charge in [-0.1, -0.05) is 12.1 Å². The van der Waals surface area contributed by atoms with Crippen molar-refractivity contribution in [1.82, 2.24) is 4.98 Å². The van der Waals surface area contributed by atoms with E-state index >= 15 is 0 Å². The number of pyridine rings is 1. The van der Waals surface area contributed by atoms with Crippen molar-refractivity contribution in [2.75, 3.05) is 25.1 Å². The standard InChI is InChI=1S/C15H18N2O/c1-4-13-6-7-16-10-14(13)15(5-1)17-9-12-3-2-8-18-11-12/h1,4-7,10,12,17H,2-3,8-9,11H2. The summed E-state index contributed by atoms with van der Waals surface area (Å²) in [7, 11) is 0. The number of fused-ring (bicyclic) bond motifs is 1. The molecular weight excluding hydrogens is 224 g/mol. The number of anilines is 1. The molecule has 0 bridgehead atoms. The van der Waals surface area contributed by atoms with E-state index in [9.17, 15) is 0 Å². The normalized spacial score (nSPS) is 19.9. The monoisotopic (exact) mass is 242 g/mol. The minimum Gasteiger partial charge on any atom is -0.384 e. The Hall–Kier alpha value is -1.61. The van der Waals surface area contributed by atoms with Crippen LogP contribution in [0.5, 0.6) is 0 Å². The zero-order valence-electron chi connectivity index (χ0n) is 10.4. The van der Waals surface area contributed by atoms with Crippen LogP contribution in [0.1, 0.15) is 12.8 Å². The predicted octanol–water partition coefficient (Wildman–Crippen LogP) is 3.07. The minimum atomic E-state index is 0.630. The molecule has 0 spiro atoms. The van der Waals surface area contributed by atoms with Crippen molar-refractivity contribution in [2.45, 2.75) is 12.8 Å². The first-order valence-corrected chi connectivity index (χ1v) is 6.58. The molecular formula is C15H18N2O. The number of benzene rings is 1. The van der Waals surface area contributed by atoms with Gasteiger partial charge in [0.2, 0.25) is 0 Å². The van der Waals surface area contributed by atoms with Crippen LogP contribution in [0.4, 0.5) is 5.69 Å². The Morgan fingerprint density at radius 2 is 2.33 bits per heavy atom. The molecule has 0 aliphatic carbocycles. The number of hydrogen-bond acceptors (Lipinski definition) is 3. The van der Waals surface area contributed by atoms with E-state index in [1.165, 1.54) is 29.3 Å². The second-order valence-corrected chi connectivity index (χ2v) is 4.87. The SMILES string of the molecule is c1cc(NCC2CCCOC2)c2cnccc2c1. The summed E-state index contributed by atoms with van der Waals surface area (Å²) in [5, 5.41) is 5.96. The van der Waals surface area contributed by atoms with Crippen LogP contribution in [0, 0.1) is 5.92 Å². The van der Waals surface area contributed by atoms with Crippen molar-refractivity contribution in [1.29, 1.82) is 0 Å². The van der Waals surface area contributed by atoms with E-state index < -0.39 is 0 Å². The van der Waals surface area contributed by atoms with Crippen LogP contribution < -0.4 is 5.32 Å². The largest absolute Gasteiger partial charge is 0.384 e. The topological polar surface area (TPSA) is 34.1 Å². The number of nitrogens with one attached hydrogen (secondary N) is 1. The van der Waals surface area contributed by atoms with E-state index in [1.54, 1.807) is 0 Å². The molecule has 1 aromatic heterocycles. The average molecular weight is 242 g/mol. The molecule has 0 saturated carbocycles. The fourth-order valence-electron chi connectivity index (χ4n) is 2.49. The molecule has 2 aromatic rings. The molecule has 1 unspecified atom stereocenters. The van der Waals surface area contributed by atoms with E-state index in [1.807, 2.05) is 18.5 Å². The van der Waals surface area contributed by atoms with Crippen molar-refractivity contribution in [2.24, 2.45) is 5.92 Å². The van der Waals surface area contributed by atoms with Crippen LogP contribution in [-0.2, 0) is 4.74 Å². The van der Waals surface area contributed by atoms with Crippen LogP contribution >= 0.6 is 0 Å². The van der Waals surface area contributed by atoms with Gasteiger partial charge < -0.3 is 10.1 Å². The molecule has 1 aromatic carbocycles. The van der Waals surface area contributed by atoms with E-state index in [2.05, 4.69) is 28.5 Å². The number of aromatic nitrogens is 1. The maximum Gasteiger partial charge on any atom is 0.0511 e. The van der Waals surface area contributed by atoms with Gasteiger partial charge in [0.1, 0.15) is 0 Å². The summed E-state index contributed by atoms with van der Waals surface area (Å²) in [4.78, 5) is 4.20. The van der Waals surface area contributed by atoms with Crippen LogP contribution in [0.2, 0.25) is 0 Å². The summed E-state index contributed by atoms with van der Waals surface area (Å²) in [6.45, 7) is 2.79. The molecule has 1 aliphatic heterocycles. The third-order valence-corrected chi connectivity index (χ3v) is 3.52. The summed E-state index contributed by atoms with van der Waals surface area (Å²) in [5.74, 6) is 0.630. The van der Waals surface area contributed by atoms with Crippen molar-refractivity contribution in [3.63, 3.8) is 0 Å². The summed E-state index contributed by atoms with van der Waals surface area (Å²) in [5.41, 5.74) is 1.17. The van der Waals surface area contributed by atoms with Gasteiger partial charge in [0.05, 0.1) is 6.61 Å². The highest BCUT2D eigenvalue weighted by molar-refractivity contribution is 5.93. The molecule has 18 heavy (non-hydrogen) atoms. The first-order chi connectivity index (χ1) is 8.93. The summed E-state index contributed by atoms with van der Waals surface area (Å²) >= 11 is 0. The molecule has 3 rings (SSSR count). The molecule has 1 atom stereocenters. The lowest BCUT2D eigenvalue weighted by Crippen LogP contribution is -2.24. The van der Waals surface area contributed by atoms with Gasteiger partial charge in [-0.2, -0.15) is 0 Å². The van der Waals surface area contributed by atoms with Gasteiger partial charge in [-0.25, -0.2) is 0 Å². The Kier molecular flexibility index (Phi) is 3.42. The Bertz CT molecular complexity index is 515. The third-order valence-electron chi connectivity index (χ3n) is 3.52. The average Bonchev–Trinajstić information content (AvgIpc) is 2.46. The lowest BCUT2D eigenvalue weighted by Gasteiger charge is -2.23. The van der Waals surface area contributed by atoms with Gasteiger partial charge in [0, 0.05) is 36.6 Å². The molecule has 3 nitrogen and oxygen atoms in total. The smallest absolute Gasteiger partial charge is 0.0511 e. The van der Waals surface area contributed by atoms with Gasteiger partial charge >= 0.3 is 0 Å². The lowest BCUT2D eigenvalue weighted by atomic mass is 10.0. The molecule has 1 aliphatic rings. The Labute approximate surface area is 107 Å². The quantitative estimate of drug-likeness (QED) is 0.898. The molecule has 1 fully saturated rings. The van der Waals surface area contributed by atoms with E-state index in [0.717, 1.165) is 19.8 Å². The van der Waals surface area contributed by atoms with Gasteiger partial charge in [-0.3, -0.25) is 4.98 Å². The van der Waals surface area contributed by atoms with Crippen LogP contribution in [0.25, 0.3) is 10.8 Å². The van der Waals surface area contributed by atoms with Crippen LogP contribution in [-0.4, -0.2) is 24.7 Å². The van der Waals surface area contributed by atoms with Crippen molar-refractivity contribution in [3.8, 4) is 0 Å². The maximum absolute atomic E-state index is 5.51. The highest BCUT2D eigenvalue weighted by atomic mass is 16.5. The maximum atomic E-state index is 5.51. The second-order valence-electron chi connectivity index (χ2n) is 4.87. The Morgan fingerprint density at radius 3 is 3.22 bits per heavy atom. The minimum absolute atomic E-state index is 0.630. The van der Waals surface area contributed by atoms with E-state index in [-0.39, 0.29) is 0 Å². The van der Waals surface area contributed by atoms with E-state index in [0.29, 0.717) is 5.92 Å². The molecule has 94 valence electrons. The first kappa shape index (κ1) is 11.5. The lowest BCUT2D eigenvalue weighted by molar-refractivity contribution is 0.0595. The van der Waals surface area contributed by atoms with Crippen molar-refractivity contribution < 1.29 is 4.74 Å². The zero-order valence-corrected chi connectivity index (χ0v) is 10.4. The fraction of sp³-hybridized carbons (Fsp3) is 0.400. The second kappa shape index (κ2) is 5.36. The number of ether oxygens (including phenoxy) is 1. The van der Waals surface area contributed by atoms with Gasteiger partial charge in [-0.05, 0) is 36.3 Å². The third kappa shape index (κ3) is 2.46. The predicted molar refractivity (Wildman–Crippen MR) is 73.8 cm³/mol. The summed E-state index contributed by atoms with van der Waals surface area (Å²) in [6.07, 6.45) is 6.20. The molecule has 3 heteroatoms. The van der Waals surface area contributed by atoms with Crippen molar-refractivity contribution >= 4 is 16.5 Å². The molecule has 2 heterocycles. The zero-order chi connectivity index (χ0) is 12.2. The van der Waals surface area contributed by atoms with E-state index in [4.69, 9.17) is 4.74 Å². The Balaban J connectivity index is 1.74. The van der Waals surface area contributed by atoms with Gasteiger partial charge in [-0.15, -0.1) is 0 Å². The number of hydrogen-bond donors (Lipinski definition) is 1. The summed E-state index contributed by atoms with van der Waals surface area (Å²) in [6, 6.07) is 8.37. The van der Waals surface area contributed by atoms with Crippen LogP contribution in [0.3, 0.4) is 0 Å². The highest BCUT2D eigenvalue weighted by Gasteiger charge is 2.13. The molecule has 1 N–H and O–H groups in total. The number of nitrogens with zero attached hydrogens (tertiary/aromatic N) is 1. The molecule has 0 amide bonds. The summed E-state index contributed by atoms with van der Waals surface area (Å²) < 4.78 is 5.51. The van der Waals surface area contributed by atoms with Gasteiger partial charge in [0.15, 0.2) is 0 Å². The fourth-order valence-corrected chi connectivity index (χ4v) is 2.49. The Morgan fingerprint density at radius 1 is 1.33 bits per heavy atom. The first-order valence-electron chi connectivity index (χ1n) is 6.58. The van der Waals surface area contributed by atoms with Crippen LogP contribution in [0.15, 0.2) is 36.7 Å². The molecule has 1 saturated heterocycles. The van der Waals surface area contributed by atoms with Crippen molar-refractivity contribution in [3.05, 3.63) is 36.7 Å². The number of rotatable bonds is 3. The molecule has 0 radical (unpaired) electrons. The highest BCUT2D eigenvalue weighted by Crippen LogP contribution is 2.23. The van der Waals surface area contributed by atoms with Gasteiger partial charge in [0.25, 0.3) is 0 Å².